The summed E-state index contributed by atoms with van der Waals surface area (Å²) >= 11 is 0. The van der Waals surface area contributed by atoms with E-state index in [0.717, 1.165) is 25.7 Å². The smallest absolute Gasteiger partial charge is 0.206 e. The van der Waals surface area contributed by atoms with Crippen molar-refractivity contribution in [2.75, 3.05) is 12.8 Å². The van der Waals surface area contributed by atoms with Gasteiger partial charge in [0.25, 0.3) is 0 Å². The van der Waals surface area contributed by atoms with E-state index in [2.05, 4.69) is 6.92 Å². The van der Waals surface area contributed by atoms with Crippen LogP contribution in [-0.2, 0) is 9.09 Å². The molecule has 0 radical (unpaired) electrons. The Balaban J connectivity index is 2.59. The van der Waals surface area contributed by atoms with Crippen LogP contribution in [0, 0.1) is 0 Å². The third-order valence-electron chi connectivity index (χ3n) is 3.10. The van der Waals surface area contributed by atoms with Gasteiger partial charge in [-0.05, 0) is 32.6 Å². The Bertz CT molecular complexity index is 230. The second kappa shape index (κ2) is 6.03. The predicted molar refractivity (Wildman–Crippen MR) is 62.7 cm³/mol. The van der Waals surface area contributed by atoms with Crippen LogP contribution in [0.15, 0.2) is 0 Å². The van der Waals surface area contributed by atoms with Gasteiger partial charge < -0.3 is 9.63 Å². The maximum Gasteiger partial charge on any atom is 0.206 e. The molecule has 0 saturated heterocycles. The lowest BCUT2D eigenvalue weighted by atomic mass is 10.3. The standard InChI is InChI=1S/C11H23O3P/c1-3-5-8-15(13,14-4-2)11-7-6-10(12)9-11/h10-12H,3-9H2,1-2H3/t10-,11-,15?/m0/s1. The van der Waals surface area contributed by atoms with Gasteiger partial charge in [-0.15, -0.1) is 0 Å². The van der Waals surface area contributed by atoms with Crippen molar-refractivity contribution in [2.24, 2.45) is 0 Å². The highest BCUT2D eigenvalue weighted by Crippen LogP contribution is 2.57. The Morgan fingerprint density at radius 1 is 1.40 bits per heavy atom. The summed E-state index contributed by atoms with van der Waals surface area (Å²) in [5.74, 6) is 0. The van der Waals surface area contributed by atoms with Crippen molar-refractivity contribution < 1.29 is 14.2 Å². The molecule has 1 aliphatic rings. The highest BCUT2D eigenvalue weighted by Gasteiger charge is 2.38. The molecule has 3 atom stereocenters. The third kappa shape index (κ3) is 3.58. The zero-order valence-corrected chi connectivity index (χ0v) is 10.7. The molecule has 1 unspecified atom stereocenters. The Morgan fingerprint density at radius 3 is 2.60 bits per heavy atom. The second-order valence-corrected chi connectivity index (χ2v) is 7.23. The molecule has 0 bridgehead atoms. The monoisotopic (exact) mass is 234 g/mol. The molecule has 0 aromatic carbocycles. The highest BCUT2D eigenvalue weighted by molar-refractivity contribution is 7.59. The van der Waals surface area contributed by atoms with Crippen LogP contribution < -0.4 is 0 Å². The Labute approximate surface area is 92.7 Å². The summed E-state index contributed by atoms with van der Waals surface area (Å²) in [5, 5.41) is 9.48. The largest absolute Gasteiger partial charge is 0.393 e. The molecule has 1 fully saturated rings. The maximum atomic E-state index is 12.6. The van der Waals surface area contributed by atoms with Gasteiger partial charge in [-0.2, -0.15) is 0 Å². The minimum absolute atomic E-state index is 0.110. The van der Waals surface area contributed by atoms with Crippen molar-refractivity contribution in [3.8, 4) is 0 Å². The third-order valence-corrected chi connectivity index (χ3v) is 6.32. The van der Waals surface area contributed by atoms with Crippen molar-refractivity contribution in [3.63, 3.8) is 0 Å². The predicted octanol–water partition coefficient (Wildman–Crippen LogP) is 3.01. The van der Waals surface area contributed by atoms with E-state index in [-0.39, 0.29) is 11.8 Å². The first-order valence-electron chi connectivity index (χ1n) is 6.03. The first kappa shape index (κ1) is 13.2. The van der Waals surface area contributed by atoms with Gasteiger partial charge in [0.05, 0.1) is 12.7 Å². The molecule has 1 aliphatic carbocycles. The minimum atomic E-state index is -2.48. The summed E-state index contributed by atoms with van der Waals surface area (Å²) in [6.07, 6.45) is 4.76. The number of aliphatic hydroxyl groups is 1. The molecule has 1 saturated carbocycles. The first-order chi connectivity index (χ1) is 7.12. The fraction of sp³-hybridized carbons (Fsp3) is 1.00. The molecule has 0 aliphatic heterocycles. The van der Waals surface area contributed by atoms with Gasteiger partial charge in [-0.1, -0.05) is 13.3 Å². The molecule has 3 nitrogen and oxygen atoms in total. The number of hydrogen-bond donors (Lipinski definition) is 1. The van der Waals surface area contributed by atoms with E-state index in [1.807, 2.05) is 6.92 Å². The topological polar surface area (TPSA) is 46.5 Å². The molecule has 1 rings (SSSR count). The highest BCUT2D eigenvalue weighted by atomic mass is 31.2. The van der Waals surface area contributed by atoms with E-state index in [1.165, 1.54) is 0 Å². The fourth-order valence-corrected chi connectivity index (χ4v) is 5.25. The lowest BCUT2D eigenvalue weighted by Gasteiger charge is -2.23. The van der Waals surface area contributed by atoms with Crippen LogP contribution in [0.5, 0.6) is 0 Å². The quantitative estimate of drug-likeness (QED) is 0.718. The lowest BCUT2D eigenvalue weighted by Crippen LogP contribution is -2.11. The van der Waals surface area contributed by atoms with Crippen LogP contribution in [0.4, 0.5) is 0 Å². The Hall–Kier alpha value is 0.150. The average Bonchev–Trinajstić information content (AvgIpc) is 2.63. The van der Waals surface area contributed by atoms with E-state index >= 15 is 0 Å². The summed E-state index contributed by atoms with van der Waals surface area (Å²) in [5.41, 5.74) is 0.110. The molecule has 0 aromatic rings. The van der Waals surface area contributed by atoms with Crippen molar-refractivity contribution in [3.05, 3.63) is 0 Å². The second-order valence-electron chi connectivity index (χ2n) is 4.34. The number of rotatable bonds is 6. The van der Waals surface area contributed by atoms with E-state index in [9.17, 15) is 9.67 Å². The number of hydrogen-bond acceptors (Lipinski definition) is 3. The van der Waals surface area contributed by atoms with Crippen molar-refractivity contribution in [1.82, 2.24) is 0 Å². The van der Waals surface area contributed by atoms with Gasteiger partial charge in [0.15, 0.2) is 0 Å². The van der Waals surface area contributed by atoms with Crippen LogP contribution in [-0.4, -0.2) is 29.6 Å². The summed E-state index contributed by atoms with van der Waals surface area (Å²) in [7, 11) is -2.48. The van der Waals surface area contributed by atoms with E-state index < -0.39 is 7.37 Å². The zero-order chi connectivity index (χ0) is 11.3. The Kier molecular flexibility index (Phi) is 5.31. The van der Waals surface area contributed by atoms with Crippen LogP contribution in [0.3, 0.4) is 0 Å². The van der Waals surface area contributed by atoms with Gasteiger partial charge in [0.1, 0.15) is 0 Å². The summed E-state index contributed by atoms with van der Waals surface area (Å²) in [4.78, 5) is 0. The number of aliphatic hydroxyl groups excluding tert-OH is 1. The van der Waals surface area contributed by atoms with Crippen molar-refractivity contribution in [1.29, 1.82) is 0 Å². The van der Waals surface area contributed by atoms with Crippen LogP contribution in [0.2, 0.25) is 0 Å². The first-order valence-corrected chi connectivity index (χ1v) is 7.91. The van der Waals surface area contributed by atoms with Crippen molar-refractivity contribution >= 4 is 7.37 Å². The van der Waals surface area contributed by atoms with Gasteiger partial charge in [0, 0.05) is 11.8 Å². The molecule has 0 amide bonds. The van der Waals surface area contributed by atoms with Crippen LogP contribution in [0.1, 0.15) is 46.0 Å². The molecule has 0 spiro atoms. The molecule has 90 valence electrons. The van der Waals surface area contributed by atoms with Crippen LogP contribution in [0.25, 0.3) is 0 Å². The minimum Gasteiger partial charge on any atom is -0.393 e. The van der Waals surface area contributed by atoms with Gasteiger partial charge in [-0.3, -0.25) is 4.57 Å². The van der Waals surface area contributed by atoms with Gasteiger partial charge in [0.2, 0.25) is 7.37 Å². The number of unbranched alkanes of at least 4 members (excludes halogenated alkanes) is 1. The van der Waals surface area contributed by atoms with Gasteiger partial charge >= 0.3 is 0 Å². The summed E-state index contributed by atoms with van der Waals surface area (Å²) in [6.45, 7) is 4.51. The summed E-state index contributed by atoms with van der Waals surface area (Å²) in [6, 6.07) is 0. The fourth-order valence-electron chi connectivity index (χ4n) is 2.24. The molecule has 0 aromatic heterocycles. The van der Waals surface area contributed by atoms with Gasteiger partial charge in [-0.25, -0.2) is 0 Å². The lowest BCUT2D eigenvalue weighted by molar-refractivity contribution is 0.182. The van der Waals surface area contributed by atoms with E-state index in [0.29, 0.717) is 19.2 Å². The molecular weight excluding hydrogens is 211 g/mol. The van der Waals surface area contributed by atoms with Crippen molar-refractivity contribution in [2.45, 2.75) is 57.7 Å². The average molecular weight is 234 g/mol. The molecule has 0 heterocycles. The SMILES string of the molecule is CCCCP(=O)(OCC)[C@H]1CC[C@H](O)C1. The zero-order valence-electron chi connectivity index (χ0n) is 9.82. The van der Waals surface area contributed by atoms with E-state index in [1.54, 1.807) is 0 Å². The summed E-state index contributed by atoms with van der Waals surface area (Å²) < 4.78 is 18.1. The maximum absolute atomic E-state index is 12.6. The Morgan fingerprint density at radius 2 is 2.13 bits per heavy atom. The molecule has 1 N–H and O–H groups in total. The molecular formula is C11H23O3P. The van der Waals surface area contributed by atoms with E-state index in [4.69, 9.17) is 4.52 Å². The normalized spacial score (nSPS) is 30.3. The molecule has 4 heteroatoms. The van der Waals surface area contributed by atoms with Crippen LogP contribution >= 0.6 is 7.37 Å². The molecule has 15 heavy (non-hydrogen) atoms.